The first-order chi connectivity index (χ1) is 16.7. The van der Waals surface area contributed by atoms with E-state index in [1.165, 1.54) is 6.07 Å². The molecule has 0 saturated carbocycles. The third-order valence-corrected chi connectivity index (χ3v) is 5.31. The molecule has 1 N–H and O–H groups in total. The van der Waals surface area contributed by atoms with E-state index in [1.807, 2.05) is 78.0 Å². The van der Waals surface area contributed by atoms with Gasteiger partial charge in [-0.15, -0.1) is 0 Å². The lowest BCUT2D eigenvalue weighted by atomic mass is 9.95. The van der Waals surface area contributed by atoms with Crippen molar-refractivity contribution in [2.75, 3.05) is 6.26 Å². The summed E-state index contributed by atoms with van der Waals surface area (Å²) in [6, 6.07) is 10.7. The highest BCUT2D eigenvalue weighted by Gasteiger charge is 2.25. The maximum atomic E-state index is 14.6. The Morgan fingerprint density at radius 3 is 2.29 bits per heavy atom. The lowest BCUT2D eigenvalue weighted by molar-refractivity contribution is 0.0686. The van der Waals surface area contributed by atoms with Crippen molar-refractivity contribution >= 4 is 35.1 Å². The predicted molar refractivity (Wildman–Crippen MR) is 152 cm³/mol. The highest BCUT2D eigenvalue weighted by Crippen LogP contribution is 2.36. The van der Waals surface area contributed by atoms with Gasteiger partial charge in [-0.25, -0.2) is 9.18 Å². The number of rotatable bonds is 7. The first kappa shape index (κ1) is 30.0. The first-order valence-electron chi connectivity index (χ1n) is 11.8. The van der Waals surface area contributed by atoms with E-state index in [9.17, 15) is 14.3 Å². The van der Waals surface area contributed by atoms with Crippen LogP contribution < -0.4 is 0 Å². The average Bonchev–Trinajstić information content (AvgIpc) is 3.14. The fraction of sp³-hybridized carbons (Fsp3) is 0.300. The molecule has 3 nitrogen and oxygen atoms in total. The summed E-state index contributed by atoms with van der Waals surface area (Å²) in [6.45, 7) is 16.0. The number of carboxylic acids is 1. The molecule has 0 bridgehead atoms. The molecular weight excluding hydrogens is 457 g/mol. The van der Waals surface area contributed by atoms with Gasteiger partial charge in [-0.1, -0.05) is 80.5 Å². The summed E-state index contributed by atoms with van der Waals surface area (Å²) in [6.07, 6.45) is 8.41. The number of hydrogen-bond acceptors (Lipinski definition) is 2. The van der Waals surface area contributed by atoms with E-state index in [0.29, 0.717) is 11.1 Å². The summed E-state index contributed by atoms with van der Waals surface area (Å²) in [5.74, 6) is -1.40. The topological polar surface area (TPSA) is 42.2 Å². The average molecular weight is 496 g/mol. The van der Waals surface area contributed by atoms with Crippen molar-refractivity contribution in [2.45, 2.75) is 54.5 Å². The lowest BCUT2D eigenvalue weighted by Crippen LogP contribution is -2.12. The van der Waals surface area contributed by atoms with Crippen LogP contribution in [-0.2, 0) is 6.54 Å². The number of aryl methyl sites for hydroxylation is 2. The third-order valence-electron chi connectivity index (χ3n) is 5.31. The SMILES string of the molecule is C=C(C)/C(=C\C=C/CC)c1c(C(=O)O)n(Cc2cc(C)ccc2F)c2ccc(C)cc12.CC.CS. The second-order valence-corrected chi connectivity index (χ2v) is 7.93. The highest BCUT2D eigenvalue weighted by molar-refractivity contribution is 7.79. The quantitative estimate of drug-likeness (QED) is 0.254. The number of hydrogen-bond donors (Lipinski definition) is 2. The van der Waals surface area contributed by atoms with E-state index >= 15 is 0 Å². The third kappa shape index (κ3) is 7.22. The molecule has 0 saturated heterocycles. The number of halogens is 1. The van der Waals surface area contributed by atoms with Crippen molar-refractivity contribution in [1.29, 1.82) is 0 Å². The summed E-state index contributed by atoms with van der Waals surface area (Å²) >= 11 is 3.53. The standard InChI is InChI=1S/C27H28FNO2.C2H6.CH4S/c1-6-7-8-9-21(17(2)3)25-22-15-19(5)11-13-24(22)29(26(25)27(30)31)16-20-14-18(4)10-12-23(20)28;2*1-2/h7-15H,2,6,16H2,1,3-5H3,(H,30,31);1-2H3;2H,1H3/b8-7-,21-9+;;. The molecule has 3 rings (SSSR count). The number of aromatic carboxylic acids is 1. The number of nitrogens with zero attached hydrogens (tertiary/aromatic N) is 1. The van der Waals surface area contributed by atoms with E-state index in [-0.39, 0.29) is 18.1 Å². The van der Waals surface area contributed by atoms with Gasteiger partial charge in [0.05, 0.1) is 6.54 Å². The van der Waals surface area contributed by atoms with E-state index in [1.54, 1.807) is 23.0 Å². The molecule has 1 aromatic heterocycles. The molecule has 0 fully saturated rings. The molecule has 188 valence electrons. The normalized spacial score (nSPS) is 11.1. The molecule has 0 aliphatic carbocycles. The fourth-order valence-electron chi connectivity index (χ4n) is 3.86. The second kappa shape index (κ2) is 14.4. The Bertz CT molecular complexity index is 1230. The van der Waals surface area contributed by atoms with Crippen LogP contribution in [0.5, 0.6) is 0 Å². The van der Waals surface area contributed by atoms with Crippen molar-refractivity contribution in [3.8, 4) is 0 Å². The van der Waals surface area contributed by atoms with Crippen LogP contribution in [0.3, 0.4) is 0 Å². The van der Waals surface area contributed by atoms with Gasteiger partial charge in [-0.2, -0.15) is 12.6 Å². The van der Waals surface area contributed by atoms with Crippen molar-refractivity contribution in [1.82, 2.24) is 4.57 Å². The van der Waals surface area contributed by atoms with Crippen LogP contribution in [0.25, 0.3) is 16.5 Å². The van der Waals surface area contributed by atoms with Gasteiger partial charge in [0, 0.05) is 22.0 Å². The number of aromatic nitrogens is 1. The van der Waals surface area contributed by atoms with E-state index < -0.39 is 5.97 Å². The molecule has 0 amide bonds. The Labute approximate surface area is 215 Å². The Balaban J connectivity index is 0.00000145. The van der Waals surface area contributed by atoms with Gasteiger partial charge in [-0.05, 0) is 57.2 Å². The molecule has 2 aromatic carbocycles. The summed E-state index contributed by atoms with van der Waals surface area (Å²) in [5, 5.41) is 11.1. The van der Waals surface area contributed by atoms with Crippen LogP contribution in [-0.4, -0.2) is 21.9 Å². The zero-order valence-electron chi connectivity index (χ0n) is 21.9. The van der Waals surface area contributed by atoms with Crippen molar-refractivity contribution < 1.29 is 14.3 Å². The summed E-state index contributed by atoms with van der Waals surface area (Å²) in [4.78, 5) is 12.5. The van der Waals surface area contributed by atoms with Crippen LogP contribution in [0.1, 0.15) is 66.9 Å². The van der Waals surface area contributed by atoms with Gasteiger partial charge in [0.25, 0.3) is 0 Å². The van der Waals surface area contributed by atoms with Crippen molar-refractivity contribution in [3.05, 3.63) is 101 Å². The van der Waals surface area contributed by atoms with Gasteiger partial charge >= 0.3 is 5.97 Å². The highest BCUT2D eigenvalue weighted by atomic mass is 32.1. The Morgan fingerprint density at radius 2 is 1.71 bits per heavy atom. The molecule has 0 spiro atoms. The Kier molecular flexibility index (Phi) is 12.3. The summed E-state index contributed by atoms with van der Waals surface area (Å²) in [5.41, 5.74) is 5.45. The van der Waals surface area contributed by atoms with E-state index in [0.717, 1.165) is 39.6 Å². The fourth-order valence-corrected chi connectivity index (χ4v) is 3.86. The number of allylic oxidation sites excluding steroid dienone is 5. The van der Waals surface area contributed by atoms with Crippen LogP contribution in [0, 0.1) is 19.7 Å². The number of fused-ring (bicyclic) bond motifs is 1. The monoisotopic (exact) mass is 495 g/mol. The zero-order valence-corrected chi connectivity index (χ0v) is 22.8. The van der Waals surface area contributed by atoms with Gasteiger partial charge < -0.3 is 9.67 Å². The lowest BCUT2D eigenvalue weighted by Gasteiger charge is -2.12. The number of carboxylic acid groups (broad SMARTS) is 1. The molecule has 5 heteroatoms. The van der Waals surface area contributed by atoms with E-state index in [4.69, 9.17) is 0 Å². The molecular formula is C30H38FNO2S. The van der Waals surface area contributed by atoms with Gasteiger partial charge in [-0.3, -0.25) is 0 Å². The van der Waals surface area contributed by atoms with Gasteiger partial charge in [0.15, 0.2) is 0 Å². The molecule has 0 aliphatic rings. The molecule has 3 aromatic rings. The van der Waals surface area contributed by atoms with Crippen LogP contribution >= 0.6 is 12.6 Å². The largest absolute Gasteiger partial charge is 0.477 e. The molecule has 0 aliphatic heterocycles. The minimum atomic E-state index is -1.05. The Hall–Kier alpha value is -3.05. The summed E-state index contributed by atoms with van der Waals surface area (Å²) < 4.78 is 16.3. The van der Waals surface area contributed by atoms with Gasteiger partial charge in [0.2, 0.25) is 0 Å². The molecule has 0 radical (unpaired) electrons. The Morgan fingerprint density at radius 1 is 1.11 bits per heavy atom. The molecule has 35 heavy (non-hydrogen) atoms. The number of carbonyl (C=O) groups is 1. The molecule has 0 atom stereocenters. The van der Waals surface area contributed by atoms with Crippen LogP contribution in [0.15, 0.2) is 66.8 Å². The maximum absolute atomic E-state index is 14.6. The summed E-state index contributed by atoms with van der Waals surface area (Å²) in [7, 11) is 0. The van der Waals surface area contributed by atoms with Crippen molar-refractivity contribution in [2.24, 2.45) is 0 Å². The first-order valence-corrected chi connectivity index (χ1v) is 12.7. The maximum Gasteiger partial charge on any atom is 0.353 e. The minimum Gasteiger partial charge on any atom is -0.477 e. The minimum absolute atomic E-state index is 0.128. The van der Waals surface area contributed by atoms with Crippen molar-refractivity contribution in [3.63, 3.8) is 0 Å². The molecule has 1 heterocycles. The predicted octanol–water partition coefficient (Wildman–Crippen LogP) is 8.64. The molecule has 0 unspecified atom stereocenters. The second-order valence-electron chi connectivity index (χ2n) is 7.93. The smallest absolute Gasteiger partial charge is 0.353 e. The zero-order chi connectivity index (χ0) is 26.7. The van der Waals surface area contributed by atoms with Gasteiger partial charge in [0.1, 0.15) is 11.5 Å². The number of benzene rings is 2. The van der Waals surface area contributed by atoms with Crippen LogP contribution in [0.2, 0.25) is 0 Å². The van der Waals surface area contributed by atoms with Crippen LogP contribution in [0.4, 0.5) is 4.39 Å². The number of thiol groups is 1. The van der Waals surface area contributed by atoms with E-state index in [2.05, 4.69) is 19.2 Å².